The number of carbonyl (C=O) groups is 1. The number of rotatable bonds is 6. The number of nitro benzene ring substituents is 1. The van der Waals surface area contributed by atoms with Crippen molar-refractivity contribution < 1.29 is 14.1 Å². The van der Waals surface area contributed by atoms with Crippen molar-refractivity contribution in [1.82, 2.24) is 10.4 Å². The van der Waals surface area contributed by atoms with Crippen LogP contribution in [-0.4, -0.2) is 22.0 Å². The van der Waals surface area contributed by atoms with Gasteiger partial charge in [0, 0.05) is 28.6 Å². The fraction of sp³-hybridized carbons (Fsp3) is 0. The van der Waals surface area contributed by atoms with E-state index in [2.05, 4.69) is 15.5 Å². The van der Waals surface area contributed by atoms with Gasteiger partial charge in [-0.05, 0) is 30.3 Å². The van der Waals surface area contributed by atoms with E-state index in [1.807, 2.05) is 54.6 Å². The van der Waals surface area contributed by atoms with Crippen molar-refractivity contribution in [3.8, 4) is 22.6 Å². The molecule has 0 spiro atoms. The van der Waals surface area contributed by atoms with Crippen molar-refractivity contribution in [2.75, 3.05) is 0 Å². The predicted molar refractivity (Wildman–Crippen MR) is 138 cm³/mol. The Hall–Kier alpha value is -4.82. The Morgan fingerprint density at radius 3 is 2.56 bits per heavy atom. The fourth-order valence-corrected chi connectivity index (χ4v) is 3.99. The SMILES string of the molecule is O=C(N/N=C/c1ccc(-c2ccc([N+](=O)[O-])cc2Cl)o1)c1cc(-c2ccccc2)nc2ccccc12. The van der Waals surface area contributed by atoms with Gasteiger partial charge in [0.1, 0.15) is 11.5 Å². The van der Waals surface area contributed by atoms with Gasteiger partial charge in [0.2, 0.25) is 0 Å². The molecule has 2 aromatic heterocycles. The molecule has 0 aliphatic carbocycles. The number of carbonyl (C=O) groups excluding carboxylic acids is 1. The summed E-state index contributed by atoms with van der Waals surface area (Å²) in [6.07, 6.45) is 1.36. The third kappa shape index (κ3) is 4.70. The summed E-state index contributed by atoms with van der Waals surface area (Å²) in [5, 5.41) is 15.8. The van der Waals surface area contributed by atoms with Crippen LogP contribution in [-0.2, 0) is 0 Å². The van der Waals surface area contributed by atoms with Crippen molar-refractivity contribution >= 4 is 40.3 Å². The highest BCUT2D eigenvalue weighted by Gasteiger charge is 2.15. The summed E-state index contributed by atoms with van der Waals surface area (Å²) in [5.41, 5.74) is 5.64. The van der Waals surface area contributed by atoms with Crippen molar-refractivity contribution in [2.45, 2.75) is 0 Å². The van der Waals surface area contributed by atoms with E-state index < -0.39 is 10.8 Å². The van der Waals surface area contributed by atoms with Crippen molar-refractivity contribution in [2.24, 2.45) is 5.10 Å². The number of benzene rings is 3. The van der Waals surface area contributed by atoms with Crippen LogP contribution in [0.3, 0.4) is 0 Å². The first-order valence-electron chi connectivity index (χ1n) is 10.8. The predicted octanol–water partition coefficient (Wildman–Crippen LogP) is 6.49. The smallest absolute Gasteiger partial charge is 0.272 e. The van der Waals surface area contributed by atoms with Crippen LogP contribution in [0.15, 0.2) is 101 Å². The van der Waals surface area contributed by atoms with E-state index in [9.17, 15) is 14.9 Å². The highest BCUT2D eigenvalue weighted by molar-refractivity contribution is 6.33. The number of fused-ring (bicyclic) bond motifs is 1. The Bertz CT molecular complexity index is 1630. The normalized spacial score (nSPS) is 11.1. The zero-order valence-corrected chi connectivity index (χ0v) is 19.3. The number of hydrazone groups is 1. The third-order valence-corrected chi connectivity index (χ3v) is 5.76. The molecule has 176 valence electrons. The summed E-state index contributed by atoms with van der Waals surface area (Å²) in [5.74, 6) is 0.381. The van der Waals surface area contributed by atoms with E-state index in [-0.39, 0.29) is 10.7 Å². The van der Waals surface area contributed by atoms with Crippen LogP contribution in [0.1, 0.15) is 16.1 Å². The molecule has 9 heteroatoms. The van der Waals surface area contributed by atoms with E-state index in [0.29, 0.717) is 39.2 Å². The Labute approximate surface area is 210 Å². The van der Waals surface area contributed by atoms with Crippen LogP contribution >= 0.6 is 11.6 Å². The van der Waals surface area contributed by atoms with Gasteiger partial charge in [-0.3, -0.25) is 14.9 Å². The lowest BCUT2D eigenvalue weighted by atomic mass is 10.0. The van der Waals surface area contributed by atoms with Gasteiger partial charge in [-0.25, -0.2) is 10.4 Å². The van der Waals surface area contributed by atoms with Gasteiger partial charge in [-0.1, -0.05) is 60.1 Å². The fourth-order valence-electron chi connectivity index (χ4n) is 3.72. The number of aromatic nitrogens is 1. The minimum atomic E-state index is -0.520. The van der Waals surface area contributed by atoms with Gasteiger partial charge in [0.25, 0.3) is 11.6 Å². The summed E-state index contributed by atoms with van der Waals surface area (Å²) >= 11 is 6.18. The number of pyridine rings is 1. The molecule has 0 saturated carbocycles. The molecular weight excluding hydrogens is 480 g/mol. The first-order valence-corrected chi connectivity index (χ1v) is 11.2. The monoisotopic (exact) mass is 496 g/mol. The summed E-state index contributed by atoms with van der Waals surface area (Å²) < 4.78 is 5.72. The van der Waals surface area contributed by atoms with Crippen LogP contribution in [0.4, 0.5) is 5.69 Å². The standard InChI is InChI=1S/C27H17ClN4O4/c28-23-14-18(32(34)35)10-12-21(23)26-13-11-19(36-26)16-29-31-27(33)22-15-25(17-6-2-1-3-7-17)30-24-9-5-4-8-20(22)24/h1-16H,(H,31,33)/b29-16+. The van der Waals surface area contributed by atoms with Crippen molar-refractivity contribution in [3.63, 3.8) is 0 Å². The van der Waals surface area contributed by atoms with Crippen molar-refractivity contribution in [3.05, 3.63) is 117 Å². The number of nitrogens with one attached hydrogen (secondary N) is 1. The molecular formula is C27H17ClN4O4. The second-order valence-corrected chi connectivity index (χ2v) is 8.17. The molecule has 5 aromatic rings. The zero-order chi connectivity index (χ0) is 25.1. The number of para-hydroxylation sites is 1. The lowest BCUT2D eigenvalue weighted by molar-refractivity contribution is -0.384. The van der Waals surface area contributed by atoms with E-state index in [1.165, 1.54) is 24.4 Å². The summed E-state index contributed by atoms with van der Waals surface area (Å²) in [4.78, 5) is 28.1. The maximum atomic E-state index is 13.0. The Morgan fingerprint density at radius 2 is 1.78 bits per heavy atom. The second-order valence-electron chi connectivity index (χ2n) is 7.76. The lowest BCUT2D eigenvalue weighted by Gasteiger charge is -2.09. The van der Waals surface area contributed by atoms with Gasteiger partial charge in [-0.2, -0.15) is 5.10 Å². The zero-order valence-electron chi connectivity index (χ0n) is 18.6. The van der Waals surface area contributed by atoms with E-state index in [4.69, 9.17) is 16.0 Å². The van der Waals surface area contributed by atoms with E-state index in [0.717, 1.165) is 5.56 Å². The summed E-state index contributed by atoms with van der Waals surface area (Å²) in [6, 6.07) is 26.2. The number of furan rings is 1. The van der Waals surface area contributed by atoms with Crippen LogP contribution in [0.2, 0.25) is 5.02 Å². The van der Waals surface area contributed by atoms with Crippen LogP contribution < -0.4 is 5.43 Å². The van der Waals surface area contributed by atoms with Crippen LogP contribution in [0, 0.1) is 10.1 Å². The molecule has 0 saturated heterocycles. The molecule has 3 aromatic carbocycles. The van der Waals surface area contributed by atoms with Gasteiger partial charge in [0.05, 0.1) is 32.9 Å². The summed E-state index contributed by atoms with van der Waals surface area (Å²) in [6.45, 7) is 0. The quantitative estimate of drug-likeness (QED) is 0.164. The highest BCUT2D eigenvalue weighted by Crippen LogP contribution is 2.32. The molecule has 36 heavy (non-hydrogen) atoms. The molecule has 8 nitrogen and oxygen atoms in total. The van der Waals surface area contributed by atoms with Crippen LogP contribution in [0.5, 0.6) is 0 Å². The van der Waals surface area contributed by atoms with Gasteiger partial charge in [-0.15, -0.1) is 0 Å². The number of hydrogen-bond acceptors (Lipinski definition) is 6. The average molecular weight is 497 g/mol. The molecule has 0 aliphatic heterocycles. The first-order chi connectivity index (χ1) is 17.5. The second kappa shape index (κ2) is 9.81. The topological polar surface area (TPSA) is 111 Å². The van der Waals surface area contributed by atoms with Gasteiger partial charge >= 0.3 is 0 Å². The minimum Gasteiger partial charge on any atom is -0.455 e. The molecule has 1 amide bonds. The van der Waals surface area contributed by atoms with Crippen LogP contribution in [0.25, 0.3) is 33.5 Å². The Morgan fingerprint density at radius 1 is 1.00 bits per heavy atom. The Kier molecular flexibility index (Phi) is 6.25. The summed E-state index contributed by atoms with van der Waals surface area (Å²) in [7, 11) is 0. The minimum absolute atomic E-state index is 0.112. The molecule has 5 rings (SSSR count). The largest absolute Gasteiger partial charge is 0.455 e. The van der Waals surface area contributed by atoms with E-state index >= 15 is 0 Å². The number of non-ortho nitro benzene ring substituents is 1. The maximum Gasteiger partial charge on any atom is 0.272 e. The maximum absolute atomic E-state index is 13.0. The molecule has 0 aliphatic rings. The number of halogens is 1. The number of hydrogen-bond donors (Lipinski definition) is 1. The first kappa shape index (κ1) is 22.9. The molecule has 0 radical (unpaired) electrons. The number of amides is 1. The molecule has 2 heterocycles. The van der Waals surface area contributed by atoms with Crippen molar-refractivity contribution in [1.29, 1.82) is 0 Å². The third-order valence-electron chi connectivity index (χ3n) is 5.44. The van der Waals surface area contributed by atoms with Gasteiger partial charge in [0.15, 0.2) is 0 Å². The Balaban J connectivity index is 1.37. The molecule has 0 unspecified atom stereocenters. The number of nitro groups is 1. The molecule has 0 bridgehead atoms. The molecule has 0 atom stereocenters. The molecule has 0 fully saturated rings. The van der Waals surface area contributed by atoms with Gasteiger partial charge < -0.3 is 4.42 Å². The number of nitrogens with zero attached hydrogens (tertiary/aromatic N) is 3. The average Bonchev–Trinajstić information content (AvgIpc) is 3.37. The highest BCUT2D eigenvalue weighted by atomic mass is 35.5. The lowest BCUT2D eigenvalue weighted by Crippen LogP contribution is -2.18. The van der Waals surface area contributed by atoms with E-state index in [1.54, 1.807) is 18.2 Å². The molecule has 1 N–H and O–H groups in total.